The minimum atomic E-state index is -0.601. The maximum Gasteiger partial charge on any atom is 0.350 e. The molecule has 154 valence electrons. The monoisotopic (exact) mass is 429 g/mol. The Hall–Kier alpha value is -3.46. The van der Waals surface area contributed by atoms with Crippen molar-refractivity contribution in [3.8, 4) is 11.3 Å². The van der Waals surface area contributed by atoms with Gasteiger partial charge < -0.3 is 9.84 Å². The lowest BCUT2D eigenvalue weighted by Gasteiger charge is -2.07. The summed E-state index contributed by atoms with van der Waals surface area (Å²) in [7, 11) is 0. The van der Waals surface area contributed by atoms with Gasteiger partial charge in [0.2, 0.25) is 0 Å². The van der Waals surface area contributed by atoms with Gasteiger partial charge in [-0.3, -0.25) is 9.20 Å². The van der Waals surface area contributed by atoms with Crippen molar-refractivity contribution in [1.29, 1.82) is 0 Å². The van der Waals surface area contributed by atoms with Crippen LogP contribution in [0.15, 0.2) is 51.9 Å². The van der Waals surface area contributed by atoms with Gasteiger partial charge >= 0.3 is 5.69 Å². The topological polar surface area (TPSA) is 94.4 Å². The van der Waals surface area contributed by atoms with Crippen LogP contribution in [0.4, 0.5) is 4.39 Å². The molecule has 0 fully saturated rings. The molecule has 0 aliphatic rings. The van der Waals surface area contributed by atoms with Gasteiger partial charge in [-0.25, -0.2) is 13.9 Å². The number of aromatic nitrogens is 4. The third-order valence-corrected chi connectivity index (χ3v) is 4.92. The average molecular weight is 430 g/mol. The fraction of sp³-hybridized carbons (Fsp3) is 0.200. The van der Waals surface area contributed by atoms with E-state index in [9.17, 15) is 14.0 Å². The Kier molecular flexibility index (Phi) is 5.37. The molecule has 8 nitrogen and oxygen atoms in total. The lowest BCUT2D eigenvalue weighted by atomic mass is 10.0. The maximum absolute atomic E-state index is 14.3. The maximum atomic E-state index is 14.3. The number of pyridine rings is 1. The number of hydrogen-bond acceptors (Lipinski definition) is 5. The van der Waals surface area contributed by atoms with Crippen LogP contribution in [0.5, 0.6) is 0 Å². The number of halogens is 2. The van der Waals surface area contributed by atoms with E-state index in [1.165, 1.54) is 27.3 Å². The smallest absolute Gasteiger partial charge is 0.350 e. The molecule has 4 rings (SSSR count). The number of fused-ring (bicyclic) bond motifs is 1. The third-order valence-electron chi connectivity index (χ3n) is 4.61. The van der Waals surface area contributed by atoms with Gasteiger partial charge in [0.05, 0.1) is 10.6 Å². The van der Waals surface area contributed by atoms with E-state index in [0.717, 1.165) is 0 Å². The van der Waals surface area contributed by atoms with Crippen LogP contribution in [0.3, 0.4) is 0 Å². The molecular formula is C20H17ClFN5O3. The van der Waals surface area contributed by atoms with E-state index >= 15 is 0 Å². The van der Waals surface area contributed by atoms with Crippen LogP contribution in [0.1, 0.15) is 22.5 Å². The molecule has 0 unspecified atom stereocenters. The van der Waals surface area contributed by atoms with E-state index in [0.29, 0.717) is 18.6 Å². The molecule has 4 aromatic rings. The van der Waals surface area contributed by atoms with Gasteiger partial charge in [-0.05, 0) is 37.6 Å². The first-order valence-corrected chi connectivity index (χ1v) is 9.58. The van der Waals surface area contributed by atoms with Crippen LogP contribution in [0.2, 0.25) is 5.02 Å². The summed E-state index contributed by atoms with van der Waals surface area (Å²) in [6.45, 7) is 2.17. The first kappa shape index (κ1) is 19.8. The number of nitrogens with one attached hydrogen (secondary N) is 1. The molecule has 1 N–H and O–H groups in total. The standard InChI is InChI=1S/C20H17ClFN5O3/c1-12-16(18(25-30-12)17-13(21)6-4-7-14(17)22)19(28)23-9-5-11-27-20(29)26-10-3-2-8-15(26)24-27/h2-4,6-8,10H,5,9,11H2,1H3,(H,23,28). The zero-order chi connectivity index (χ0) is 21.3. The Morgan fingerprint density at radius 1 is 1.27 bits per heavy atom. The zero-order valence-corrected chi connectivity index (χ0v) is 16.7. The number of hydrogen-bond donors (Lipinski definition) is 1. The van der Waals surface area contributed by atoms with Crippen LogP contribution in [-0.2, 0) is 6.54 Å². The van der Waals surface area contributed by atoms with Gasteiger partial charge in [0.25, 0.3) is 5.91 Å². The molecule has 0 saturated carbocycles. The number of rotatable bonds is 6. The van der Waals surface area contributed by atoms with Crippen LogP contribution in [0, 0.1) is 12.7 Å². The van der Waals surface area contributed by atoms with Gasteiger partial charge in [0.1, 0.15) is 22.8 Å². The molecule has 0 bridgehead atoms. The molecule has 30 heavy (non-hydrogen) atoms. The summed E-state index contributed by atoms with van der Waals surface area (Å²) < 4.78 is 22.2. The van der Waals surface area contributed by atoms with Crippen LogP contribution >= 0.6 is 11.6 Å². The molecule has 0 spiro atoms. The molecule has 0 radical (unpaired) electrons. The summed E-state index contributed by atoms with van der Waals surface area (Å²) in [5, 5.41) is 10.9. The second-order valence-electron chi connectivity index (χ2n) is 6.60. The Morgan fingerprint density at radius 3 is 2.87 bits per heavy atom. The second-order valence-corrected chi connectivity index (χ2v) is 7.01. The molecule has 0 aliphatic heterocycles. The molecule has 0 atom stereocenters. The highest BCUT2D eigenvalue weighted by Gasteiger charge is 2.25. The van der Waals surface area contributed by atoms with Gasteiger partial charge in [0, 0.05) is 19.3 Å². The Balaban J connectivity index is 1.46. The van der Waals surface area contributed by atoms with E-state index in [4.69, 9.17) is 16.1 Å². The fourth-order valence-electron chi connectivity index (χ4n) is 3.17. The third kappa shape index (κ3) is 3.59. The van der Waals surface area contributed by atoms with Crippen molar-refractivity contribution in [3.63, 3.8) is 0 Å². The Labute approximate surface area is 174 Å². The highest BCUT2D eigenvalue weighted by Crippen LogP contribution is 2.33. The second kappa shape index (κ2) is 8.11. The van der Waals surface area contributed by atoms with Crippen molar-refractivity contribution in [1.82, 2.24) is 24.7 Å². The highest BCUT2D eigenvalue weighted by atomic mass is 35.5. The SMILES string of the molecule is Cc1onc(-c2c(F)cccc2Cl)c1C(=O)NCCCn1nc2ccccn2c1=O. The summed E-state index contributed by atoms with van der Waals surface area (Å²) in [6.07, 6.45) is 2.11. The average Bonchev–Trinajstić information content (AvgIpc) is 3.25. The van der Waals surface area contributed by atoms with Gasteiger partial charge in [-0.15, -0.1) is 5.10 Å². The van der Waals surface area contributed by atoms with Crippen LogP contribution in [-0.4, -0.2) is 31.8 Å². The van der Waals surface area contributed by atoms with Crippen molar-refractivity contribution >= 4 is 23.2 Å². The lowest BCUT2D eigenvalue weighted by Crippen LogP contribution is -2.28. The number of nitrogens with zero attached hydrogens (tertiary/aromatic N) is 4. The lowest BCUT2D eigenvalue weighted by molar-refractivity contribution is 0.0951. The minimum absolute atomic E-state index is 0.0115. The molecule has 1 amide bonds. The Bertz CT molecular complexity index is 1270. The number of aryl methyl sites for hydroxylation is 2. The summed E-state index contributed by atoms with van der Waals surface area (Å²) in [4.78, 5) is 25.0. The summed E-state index contributed by atoms with van der Waals surface area (Å²) in [5.74, 6) is -0.820. The molecule has 3 heterocycles. The normalized spacial score (nSPS) is 11.2. The van der Waals surface area contributed by atoms with Gasteiger partial charge in [0.15, 0.2) is 5.65 Å². The van der Waals surface area contributed by atoms with Crippen molar-refractivity contribution in [2.75, 3.05) is 6.54 Å². The summed E-state index contributed by atoms with van der Waals surface area (Å²) >= 11 is 6.10. The highest BCUT2D eigenvalue weighted by molar-refractivity contribution is 6.33. The summed E-state index contributed by atoms with van der Waals surface area (Å²) in [6, 6.07) is 9.50. The largest absolute Gasteiger partial charge is 0.360 e. The van der Waals surface area contributed by atoms with Crippen LogP contribution < -0.4 is 11.0 Å². The Morgan fingerprint density at radius 2 is 2.10 bits per heavy atom. The van der Waals surface area contributed by atoms with Gasteiger partial charge in [-0.1, -0.05) is 28.9 Å². The number of benzene rings is 1. The van der Waals surface area contributed by atoms with Crippen molar-refractivity contribution in [3.05, 3.63) is 75.2 Å². The number of carbonyl (C=O) groups excluding carboxylic acids is 1. The van der Waals surface area contributed by atoms with Crippen LogP contribution in [0.25, 0.3) is 16.9 Å². The molecule has 0 saturated heterocycles. The van der Waals surface area contributed by atoms with E-state index in [1.54, 1.807) is 31.3 Å². The first-order chi connectivity index (χ1) is 14.5. The predicted octanol–water partition coefficient (Wildman–Crippen LogP) is 3.07. The number of carbonyl (C=O) groups is 1. The van der Waals surface area contributed by atoms with E-state index in [1.807, 2.05) is 0 Å². The zero-order valence-electron chi connectivity index (χ0n) is 15.9. The summed E-state index contributed by atoms with van der Waals surface area (Å²) in [5.41, 5.74) is 0.482. The van der Waals surface area contributed by atoms with Crippen molar-refractivity contribution in [2.45, 2.75) is 19.9 Å². The van der Waals surface area contributed by atoms with Gasteiger partial charge in [-0.2, -0.15) is 0 Å². The fourth-order valence-corrected chi connectivity index (χ4v) is 3.42. The van der Waals surface area contributed by atoms with Crippen molar-refractivity contribution < 1.29 is 13.7 Å². The molecule has 0 aliphatic carbocycles. The van der Waals surface area contributed by atoms with E-state index in [-0.39, 0.29) is 39.8 Å². The molecule has 1 aromatic carbocycles. The van der Waals surface area contributed by atoms with E-state index in [2.05, 4.69) is 15.6 Å². The van der Waals surface area contributed by atoms with E-state index < -0.39 is 11.7 Å². The first-order valence-electron chi connectivity index (χ1n) is 9.20. The quantitative estimate of drug-likeness (QED) is 0.475. The molecule has 3 aromatic heterocycles. The molecule has 10 heteroatoms. The van der Waals surface area contributed by atoms with Crippen molar-refractivity contribution in [2.24, 2.45) is 0 Å². The number of amides is 1. The predicted molar refractivity (Wildman–Crippen MR) is 108 cm³/mol. The minimum Gasteiger partial charge on any atom is -0.360 e. The molecular weight excluding hydrogens is 413 g/mol.